The number of aromatic nitrogens is 3. The predicted octanol–water partition coefficient (Wildman–Crippen LogP) is 5.32. The lowest BCUT2D eigenvalue weighted by molar-refractivity contribution is 0.290. The van der Waals surface area contributed by atoms with E-state index in [1.165, 1.54) is 28.6 Å². The van der Waals surface area contributed by atoms with Gasteiger partial charge in [0.1, 0.15) is 18.2 Å². The molecule has 0 unspecified atom stereocenters. The lowest BCUT2D eigenvalue weighted by atomic mass is 10.0. The van der Waals surface area contributed by atoms with Crippen molar-refractivity contribution in [2.45, 2.75) is 26.4 Å². The predicted molar refractivity (Wildman–Crippen MR) is 107 cm³/mol. The largest absolute Gasteiger partial charge is 0.486 e. The molecule has 3 rings (SSSR count). The second kappa shape index (κ2) is 8.45. The van der Waals surface area contributed by atoms with E-state index in [1.807, 2.05) is 24.3 Å². The van der Waals surface area contributed by atoms with Crippen molar-refractivity contribution in [2.24, 2.45) is 5.10 Å². The van der Waals surface area contributed by atoms with Crippen LogP contribution in [0.5, 0.6) is 5.75 Å². The Morgan fingerprint density at radius 2 is 2.04 bits per heavy atom. The number of benzene rings is 2. The summed E-state index contributed by atoms with van der Waals surface area (Å²) in [6, 6.07) is 12.3. The summed E-state index contributed by atoms with van der Waals surface area (Å²) in [6.07, 6.45) is 1.31. The van der Waals surface area contributed by atoms with Gasteiger partial charge < -0.3 is 4.74 Å². The van der Waals surface area contributed by atoms with Crippen molar-refractivity contribution in [3.05, 3.63) is 75.0 Å². The van der Waals surface area contributed by atoms with Gasteiger partial charge in [-0.05, 0) is 48.0 Å². The van der Waals surface area contributed by atoms with Gasteiger partial charge in [0.15, 0.2) is 5.82 Å². The molecule has 1 N–H and O–H groups in total. The van der Waals surface area contributed by atoms with E-state index in [0.717, 1.165) is 0 Å². The molecule has 0 atom stereocenters. The minimum absolute atomic E-state index is 0.149. The van der Waals surface area contributed by atoms with E-state index in [-0.39, 0.29) is 22.0 Å². The van der Waals surface area contributed by atoms with Gasteiger partial charge in [0.05, 0.1) is 11.2 Å². The summed E-state index contributed by atoms with van der Waals surface area (Å²) < 4.78 is 21.3. The molecule has 3 aromatic rings. The molecule has 0 bridgehead atoms. The van der Waals surface area contributed by atoms with E-state index < -0.39 is 5.82 Å². The summed E-state index contributed by atoms with van der Waals surface area (Å²) in [4.78, 5) is 0. The Kier molecular flexibility index (Phi) is 6.03. The molecule has 1 aromatic heterocycles. The van der Waals surface area contributed by atoms with Gasteiger partial charge in [-0.15, -0.1) is 0 Å². The number of nitrogens with zero attached hydrogens (tertiary/aromatic N) is 3. The van der Waals surface area contributed by atoms with Crippen LogP contribution in [0.15, 0.2) is 47.6 Å². The van der Waals surface area contributed by atoms with Gasteiger partial charge in [0.25, 0.3) is 0 Å². The van der Waals surface area contributed by atoms with Crippen LogP contribution < -0.4 is 4.74 Å². The van der Waals surface area contributed by atoms with E-state index in [9.17, 15) is 4.39 Å². The highest BCUT2D eigenvalue weighted by Gasteiger charge is 2.08. The van der Waals surface area contributed by atoms with Crippen LogP contribution in [0.3, 0.4) is 0 Å². The maximum atomic E-state index is 13.9. The van der Waals surface area contributed by atoms with Gasteiger partial charge in [0.2, 0.25) is 4.77 Å². The highest BCUT2D eigenvalue weighted by atomic mass is 35.5. The van der Waals surface area contributed by atoms with Gasteiger partial charge in [-0.1, -0.05) is 43.6 Å². The average Bonchev–Trinajstić information content (AvgIpc) is 3.00. The third-order valence-electron chi connectivity index (χ3n) is 3.93. The fourth-order valence-corrected chi connectivity index (χ4v) is 2.79. The molecule has 27 heavy (non-hydrogen) atoms. The van der Waals surface area contributed by atoms with Crippen molar-refractivity contribution < 1.29 is 9.13 Å². The van der Waals surface area contributed by atoms with Crippen LogP contribution in [0.1, 0.15) is 36.7 Å². The number of rotatable bonds is 6. The molecule has 2 aromatic carbocycles. The Hall–Kier alpha value is -2.51. The molecule has 0 saturated carbocycles. The molecule has 1 heterocycles. The zero-order valence-electron chi connectivity index (χ0n) is 14.8. The summed E-state index contributed by atoms with van der Waals surface area (Å²) in [7, 11) is 0. The number of ether oxygens (including phenoxy) is 1. The minimum Gasteiger partial charge on any atom is -0.486 e. The molecule has 8 heteroatoms. The third-order valence-corrected chi connectivity index (χ3v) is 4.53. The lowest BCUT2D eigenvalue weighted by Crippen LogP contribution is -2.04. The fourth-order valence-electron chi connectivity index (χ4n) is 2.38. The van der Waals surface area contributed by atoms with Crippen LogP contribution in [0.4, 0.5) is 4.39 Å². The van der Waals surface area contributed by atoms with Crippen LogP contribution in [0.25, 0.3) is 0 Å². The summed E-state index contributed by atoms with van der Waals surface area (Å²) in [5.41, 5.74) is 1.41. The summed E-state index contributed by atoms with van der Waals surface area (Å²) in [6.45, 7) is 4.41. The number of hydrogen-bond donors (Lipinski definition) is 1. The molecule has 140 valence electrons. The smallest absolute Gasteiger partial charge is 0.216 e. The topological polar surface area (TPSA) is 55.2 Å². The summed E-state index contributed by atoms with van der Waals surface area (Å²) in [5, 5.41) is 11.2. The first-order valence-corrected chi connectivity index (χ1v) is 9.11. The van der Waals surface area contributed by atoms with Crippen molar-refractivity contribution in [2.75, 3.05) is 0 Å². The first kappa shape index (κ1) is 19.3. The standard InChI is InChI=1S/C19H18ClFN4OS/c1-12(2)13-6-8-14(9-7-13)26-11-18-23-24-19(27)25(18)22-10-15-16(20)4-3-5-17(15)21/h3-10,12H,11H2,1-2H3,(H,24,27)/b22-10-. The third kappa shape index (κ3) is 4.61. The van der Waals surface area contributed by atoms with Crippen LogP contribution in [0, 0.1) is 10.6 Å². The lowest BCUT2D eigenvalue weighted by Gasteiger charge is -2.08. The minimum atomic E-state index is -0.468. The van der Waals surface area contributed by atoms with E-state index >= 15 is 0 Å². The Balaban J connectivity index is 1.77. The molecule has 0 amide bonds. The van der Waals surface area contributed by atoms with E-state index in [0.29, 0.717) is 17.5 Å². The maximum absolute atomic E-state index is 13.9. The molecular weight excluding hydrogens is 387 g/mol. The molecule has 0 aliphatic heterocycles. The summed E-state index contributed by atoms with van der Waals surface area (Å²) in [5.74, 6) is 1.15. The number of nitrogens with one attached hydrogen (secondary N) is 1. The van der Waals surface area contributed by atoms with Crippen LogP contribution in [0.2, 0.25) is 5.02 Å². The van der Waals surface area contributed by atoms with Crippen molar-refractivity contribution in [3.8, 4) is 5.75 Å². The van der Waals surface area contributed by atoms with Crippen LogP contribution in [-0.2, 0) is 6.61 Å². The van der Waals surface area contributed by atoms with E-state index in [4.69, 9.17) is 28.6 Å². The molecular formula is C19H18ClFN4OS. The van der Waals surface area contributed by atoms with Crippen molar-refractivity contribution in [3.63, 3.8) is 0 Å². The number of aromatic amines is 1. The van der Waals surface area contributed by atoms with Gasteiger partial charge in [-0.25, -0.2) is 9.49 Å². The van der Waals surface area contributed by atoms with Crippen molar-refractivity contribution in [1.29, 1.82) is 0 Å². The first-order valence-electron chi connectivity index (χ1n) is 8.33. The number of halogens is 2. The van der Waals surface area contributed by atoms with Crippen molar-refractivity contribution >= 4 is 30.0 Å². The number of hydrogen-bond acceptors (Lipinski definition) is 4. The molecule has 0 aliphatic rings. The molecule has 0 radical (unpaired) electrons. The van der Waals surface area contributed by atoms with Crippen LogP contribution >= 0.6 is 23.8 Å². The number of H-pyrrole nitrogens is 1. The fraction of sp³-hybridized carbons (Fsp3) is 0.211. The Morgan fingerprint density at radius 1 is 1.30 bits per heavy atom. The summed E-state index contributed by atoms with van der Waals surface area (Å²) >= 11 is 11.2. The SMILES string of the molecule is CC(C)c1ccc(OCc2n[nH]c(=S)n2/N=C\c2c(F)cccc2Cl)cc1. The molecule has 0 saturated heterocycles. The molecule has 0 fully saturated rings. The van der Waals surface area contributed by atoms with Gasteiger partial charge in [-0.3, -0.25) is 0 Å². The quantitative estimate of drug-likeness (QED) is 0.447. The Morgan fingerprint density at radius 3 is 2.70 bits per heavy atom. The zero-order valence-corrected chi connectivity index (χ0v) is 16.4. The van der Waals surface area contributed by atoms with Gasteiger partial charge >= 0.3 is 0 Å². The second-order valence-electron chi connectivity index (χ2n) is 6.15. The molecule has 0 aliphatic carbocycles. The molecule has 0 spiro atoms. The van der Waals surface area contributed by atoms with Gasteiger partial charge in [-0.2, -0.15) is 14.9 Å². The maximum Gasteiger partial charge on any atom is 0.216 e. The van der Waals surface area contributed by atoms with E-state index in [1.54, 1.807) is 6.07 Å². The first-order chi connectivity index (χ1) is 13.0. The van der Waals surface area contributed by atoms with Crippen LogP contribution in [-0.4, -0.2) is 21.1 Å². The Bertz CT molecular complexity index is 991. The molecule has 5 nitrogen and oxygen atoms in total. The highest BCUT2D eigenvalue weighted by molar-refractivity contribution is 7.71. The zero-order chi connectivity index (χ0) is 19.4. The second-order valence-corrected chi connectivity index (χ2v) is 6.94. The van der Waals surface area contributed by atoms with Crippen molar-refractivity contribution in [1.82, 2.24) is 14.9 Å². The Labute approximate surface area is 166 Å². The van der Waals surface area contributed by atoms with Gasteiger partial charge in [0, 0.05) is 5.56 Å². The monoisotopic (exact) mass is 404 g/mol. The van der Waals surface area contributed by atoms with E-state index in [2.05, 4.69) is 29.1 Å². The average molecular weight is 405 g/mol. The highest BCUT2D eigenvalue weighted by Crippen LogP contribution is 2.20. The normalized spacial score (nSPS) is 11.4.